The summed E-state index contributed by atoms with van der Waals surface area (Å²) in [7, 11) is 5.70. The van der Waals surface area contributed by atoms with Crippen molar-refractivity contribution < 1.29 is 13.7 Å². The van der Waals surface area contributed by atoms with Crippen LogP contribution in [0, 0.1) is 12.7 Å². The highest BCUT2D eigenvalue weighted by molar-refractivity contribution is 6.06. The largest absolute Gasteiger partial charge is 0.378 e. The van der Waals surface area contributed by atoms with E-state index in [0.717, 1.165) is 11.3 Å². The first kappa shape index (κ1) is 20.5. The maximum Gasteiger partial charge on any atom is 0.259 e. The molecule has 0 spiro atoms. The van der Waals surface area contributed by atoms with Gasteiger partial charge in [0, 0.05) is 38.9 Å². The number of nitrogens with zero attached hydrogens (tertiary/aromatic N) is 4. The van der Waals surface area contributed by atoms with Crippen molar-refractivity contribution in [2.45, 2.75) is 13.5 Å². The lowest BCUT2D eigenvalue weighted by Gasteiger charge is -2.19. The number of carbonyl (C=O) groups is 1. The molecule has 0 aliphatic rings. The van der Waals surface area contributed by atoms with E-state index < -0.39 is 5.82 Å². The highest BCUT2D eigenvalue weighted by atomic mass is 19.1. The van der Waals surface area contributed by atoms with Crippen LogP contribution in [0.25, 0.3) is 22.4 Å². The molecule has 0 radical (unpaired) electrons. The lowest BCUT2D eigenvalue weighted by molar-refractivity contribution is 0.0787. The average molecular weight is 418 g/mol. The number of carbonyl (C=O) groups excluding carboxylic acids is 1. The molecule has 0 atom stereocenters. The molecule has 0 saturated heterocycles. The van der Waals surface area contributed by atoms with Gasteiger partial charge in [0.05, 0.1) is 22.3 Å². The van der Waals surface area contributed by atoms with Gasteiger partial charge in [-0.1, -0.05) is 29.4 Å². The Balaban J connectivity index is 1.71. The number of fused-ring (bicyclic) bond motifs is 1. The van der Waals surface area contributed by atoms with Crippen LogP contribution in [0.3, 0.4) is 0 Å². The summed E-state index contributed by atoms with van der Waals surface area (Å²) in [5.74, 6) is -0.633. The SMILES string of the molecule is Cc1noc2nc(-c3ccccc3F)cc(C(=O)N(C)Cc3ccc(N(C)C)cc3)c12. The van der Waals surface area contributed by atoms with Crippen LogP contribution in [0.4, 0.5) is 10.1 Å². The Morgan fingerprint density at radius 1 is 1.06 bits per heavy atom. The minimum Gasteiger partial charge on any atom is -0.378 e. The van der Waals surface area contributed by atoms with Gasteiger partial charge < -0.3 is 14.3 Å². The summed E-state index contributed by atoms with van der Waals surface area (Å²) in [6, 6.07) is 15.9. The Morgan fingerprint density at radius 2 is 1.77 bits per heavy atom. The van der Waals surface area contributed by atoms with Crippen LogP contribution in [-0.2, 0) is 6.54 Å². The van der Waals surface area contributed by atoms with Crippen LogP contribution in [0.15, 0.2) is 59.1 Å². The number of hydrogen-bond donors (Lipinski definition) is 0. The zero-order valence-corrected chi connectivity index (χ0v) is 17.9. The Labute approximate surface area is 179 Å². The predicted octanol–water partition coefficient (Wildman–Crippen LogP) is 4.68. The molecule has 2 aromatic carbocycles. The molecule has 0 fully saturated rings. The third-order valence-corrected chi connectivity index (χ3v) is 5.22. The second-order valence-electron chi connectivity index (χ2n) is 7.71. The number of hydrogen-bond acceptors (Lipinski definition) is 5. The van der Waals surface area contributed by atoms with Gasteiger partial charge in [0.25, 0.3) is 11.6 Å². The number of aromatic nitrogens is 2. The minimum absolute atomic E-state index is 0.213. The first-order valence-electron chi connectivity index (χ1n) is 9.89. The van der Waals surface area contributed by atoms with Gasteiger partial charge >= 0.3 is 0 Å². The maximum absolute atomic E-state index is 14.4. The van der Waals surface area contributed by atoms with Crippen LogP contribution < -0.4 is 4.90 Å². The molecule has 0 unspecified atom stereocenters. The number of pyridine rings is 1. The molecule has 2 heterocycles. The number of halogens is 1. The molecule has 31 heavy (non-hydrogen) atoms. The molecule has 0 bridgehead atoms. The number of benzene rings is 2. The molecule has 0 N–H and O–H groups in total. The van der Waals surface area contributed by atoms with Crippen molar-refractivity contribution in [3.63, 3.8) is 0 Å². The monoisotopic (exact) mass is 418 g/mol. The third-order valence-electron chi connectivity index (χ3n) is 5.22. The molecule has 0 saturated carbocycles. The standard InChI is InChI=1S/C24H23FN4O2/c1-15-22-19(24(30)29(4)14-16-9-11-17(12-10-16)28(2)3)13-21(26-23(22)31-27-15)18-7-5-6-8-20(18)25/h5-13H,14H2,1-4H3. The molecule has 158 valence electrons. The molecule has 2 aromatic heterocycles. The summed E-state index contributed by atoms with van der Waals surface area (Å²) in [6.07, 6.45) is 0. The van der Waals surface area contributed by atoms with Crippen LogP contribution in [0.5, 0.6) is 0 Å². The summed E-state index contributed by atoms with van der Waals surface area (Å²) >= 11 is 0. The van der Waals surface area contributed by atoms with E-state index in [4.69, 9.17) is 4.52 Å². The lowest BCUT2D eigenvalue weighted by atomic mass is 10.0. The van der Waals surface area contributed by atoms with E-state index in [1.54, 1.807) is 43.1 Å². The summed E-state index contributed by atoms with van der Waals surface area (Å²) in [5, 5.41) is 4.50. The second kappa shape index (κ2) is 8.18. The molecular weight excluding hydrogens is 395 g/mol. The molecular formula is C24H23FN4O2. The van der Waals surface area contributed by atoms with Crippen molar-refractivity contribution >= 4 is 22.7 Å². The van der Waals surface area contributed by atoms with Crippen LogP contribution in [-0.4, -0.2) is 42.1 Å². The summed E-state index contributed by atoms with van der Waals surface area (Å²) in [6.45, 7) is 2.18. The normalized spacial score (nSPS) is 11.0. The molecule has 4 aromatic rings. The van der Waals surface area contributed by atoms with Gasteiger partial charge in [-0.15, -0.1) is 0 Å². The van der Waals surface area contributed by atoms with E-state index in [1.807, 2.05) is 43.3 Å². The molecule has 6 nitrogen and oxygen atoms in total. The fourth-order valence-electron chi connectivity index (χ4n) is 3.52. The average Bonchev–Trinajstić information content (AvgIpc) is 3.14. The molecule has 1 amide bonds. The van der Waals surface area contributed by atoms with E-state index in [0.29, 0.717) is 34.4 Å². The summed E-state index contributed by atoms with van der Waals surface area (Å²) in [5.41, 5.74) is 3.88. The zero-order valence-electron chi connectivity index (χ0n) is 17.9. The van der Waals surface area contributed by atoms with Crippen LogP contribution in [0.1, 0.15) is 21.6 Å². The van der Waals surface area contributed by atoms with E-state index >= 15 is 0 Å². The number of aryl methyl sites for hydroxylation is 1. The van der Waals surface area contributed by atoms with Gasteiger partial charge in [-0.2, -0.15) is 0 Å². The van der Waals surface area contributed by atoms with Gasteiger partial charge in [0.15, 0.2) is 0 Å². The summed E-state index contributed by atoms with van der Waals surface area (Å²) < 4.78 is 19.7. The first-order chi connectivity index (χ1) is 14.8. The third kappa shape index (κ3) is 3.99. The topological polar surface area (TPSA) is 62.5 Å². The van der Waals surface area contributed by atoms with Crippen LogP contribution >= 0.6 is 0 Å². The predicted molar refractivity (Wildman–Crippen MR) is 119 cm³/mol. The minimum atomic E-state index is -0.418. The van der Waals surface area contributed by atoms with Crippen molar-refractivity contribution in [3.8, 4) is 11.3 Å². The molecule has 0 aliphatic carbocycles. The maximum atomic E-state index is 14.4. The lowest BCUT2D eigenvalue weighted by Crippen LogP contribution is -2.26. The van der Waals surface area contributed by atoms with E-state index in [1.165, 1.54) is 6.07 Å². The van der Waals surface area contributed by atoms with Crippen LogP contribution in [0.2, 0.25) is 0 Å². The van der Waals surface area contributed by atoms with Gasteiger partial charge in [-0.05, 0) is 42.8 Å². The smallest absolute Gasteiger partial charge is 0.259 e. The second-order valence-corrected chi connectivity index (χ2v) is 7.71. The zero-order chi connectivity index (χ0) is 22.1. The summed E-state index contributed by atoms with van der Waals surface area (Å²) in [4.78, 5) is 21.4. The molecule has 7 heteroatoms. The molecule has 0 aliphatic heterocycles. The highest BCUT2D eigenvalue weighted by Gasteiger charge is 2.22. The highest BCUT2D eigenvalue weighted by Crippen LogP contribution is 2.29. The van der Waals surface area contributed by atoms with Crippen molar-refractivity contribution in [2.24, 2.45) is 0 Å². The fraction of sp³-hybridized carbons (Fsp3) is 0.208. The van der Waals surface area contributed by atoms with E-state index in [9.17, 15) is 9.18 Å². The number of anilines is 1. The molecule has 4 rings (SSSR count). The van der Waals surface area contributed by atoms with E-state index in [-0.39, 0.29) is 11.6 Å². The van der Waals surface area contributed by atoms with Crippen molar-refractivity contribution in [1.82, 2.24) is 15.0 Å². The van der Waals surface area contributed by atoms with Crippen molar-refractivity contribution in [3.05, 3.63) is 77.2 Å². The number of rotatable bonds is 5. The van der Waals surface area contributed by atoms with Gasteiger partial charge in [0.2, 0.25) is 0 Å². The Kier molecular flexibility index (Phi) is 5.42. The van der Waals surface area contributed by atoms with Gasteiger partial charge in [-0.25, -0.2) is 9.37 Å². The number of amides is 1. The Morgan fingerprint density at radius 3 is 2.45 bits per heavy atom. The quantitative estimate of drug-likeness (QED) is 0.471. The first-order valence-corrected chi connectivity index (χ1v) is 9.89. The van der Waals surface area contributed by atoms with Gasteiger partial charge in [-0.3, -0.25) is 4.79 Å². The van der Waals surface area contributed by atoms with Gasteiger partial charge in [0.1, 0.15) is 5.82 Å². The Bertz CT molecular complexity index is 1250. The van der Waals surface area contributed by atoms with E-state index in [2.05, 4.69) is 10.1 Å². The van der Waals surface area contributed by atoms with Crippen molar-refractivity contribution in [2.75, 3.05) is 26.0 Å². The Hall–Kier alpha value is -3.74. The fourth-order valence-corrected chi connectivity index (χ4v) is 3.52. The van der Waals surface area contributed by atoms with Crippen molar-refractivity contribution in [1.29, 1.82) is 0 Å².